The summed E-state index contributed by atoms with van der Waals surface area (Å²) in [5, 5.41) is 12.8. The highest BCUT2D eigenvalue weighted by Gasteiger charge is 2.18. The van der Waals surface area contributed by atoms with E-state index in [1.54, 1.807) is 0 Å². The molecule has 1 fully saturated rings. The van der Waals surface area contributed by atoms with Crippen molar-refractivity contribution in [1.29, 1.82) is 0 Å². The summed E-state index contributed by atoms with van der Waals surface area (Å²) >= 11 is 0. The standard InChI is InChI=1S/C16H26N2O/c1-2-14-6-3-4-7-15(14)12-18(10-11-19)13-16-8-5-9-17-16/h3-4,6-7,16-17,19H,2,5,8-13H2,1H3. The predicted octanol–water partition coefficient (Wildman–Crippen LogP) is 1.80. The summed E-state index contributed by atoms with van der Waals surface area (Å²) in [6.07, 6.45) is 3.62. The molecule has 106 valence electrons. The van der Waals surface area contributed by atoms with Gasteiger partial charge in [0.1, 0.15) is 0 Å². The normalized spacial score (nSPS) is 19.2. The molecule has 1 atom stereocenters. The van der Waals surface area contributed by atoms with Crippen LogP contribution in [0.4, 0.5) is 0 Å². The Hall–Kier alpha value is -0.900. The first-order chi connectivity index (χ1) is 9.33. The highest BCUT2D eigenvalue weighted by Crippen LogP contribution is 2.14. The van der Waals surface area contributed by atoms with Crippen molar-refractivity contribution in [2.24, 2.45) is 0 Å². The molecule has 0 radical (unpaired) electrons. The van der Waals surface area contributed by atoms with Crippen molar-refractivity contribution in [1.82, 2.24) is 10.2 Å². The summed E-state index contributed by atoms with van der Waals surface area (Å²) in [7, 11) is 0. The summed E-state index contributed by atoms with van der Waals surface area (Å²) in [6, 6.07) is 9.24. The number of aryl methyl sites for hydroxylation is 1. The Morgan fingerprint density at radius 1 is 1.32 bits per heavy atom. The molecule has 0 amide bonds. The van der Waals surface area contributed by atoms with Crippen LogP contribution in [-0.2, 0) is 13.0 Å². The average Bonchev–Trinajstić information content (AvgIpc) is 2.92. The van der Waals surface area contributed by atoms with E-state index in [-0.39, 0.29) is 6.61 Å². The van der Waals surface area contributed by atoms with Crippen LogP contribution in [-0.4, -0.2) is 42.3 Å². The van der Waals surface area contributed by atoms with Gasteiger partial charge in [-0.2, -0.15) is 0 Å². The number of nitrogens with zero attached hydrogens (tertiary/aromatic N) is 1. The Balaban J connectivity index is 1.98. The lowest BCUT2D eigenvalue weighted by Crippen LogP contribution is -2.38. The van der Waals surface area contributed by atoms with E-state index in [2.05, 4.69) is 41.4 Å². The fourth-order valence-electron chi connectivity index (χ4n) is 2.90. The van der Waals surface area contributed by atoms with Crippen LogP contribution in [0.3, 0.4) is 0 Å². The molecule has 0 saturated carbocycles. The van der Waals surface area contributed by atoms with Gasteiger partial charge in [0.2, 0.25) is 0 Å². The number of aliphatic hydroxyl groups is 1. The number of rotatable bonds is 7. The lowest BCUT2D eigenvalue weighted by atomic mass is 10.0. The van der Waals surface area contributed by atoms with Crippen molar-refractivity contribution in [2.75, 3.05) is 26.2 Å². The number of aliphatic hydroxyl groups excluding tert-OH is 1. The van der Waals surface area contributed by atoms with Crippen molar-refractivity contribution >= 4 is 0 Å². The van der Waals surface area contributed by atoms with E-state index in [1.165, 1.54) is 24.0 Å². The Labute approximate surface area is 116 Å². The van der Waals surface area contributed by atoms with E-state index in [1.807, 2.05) is 0 Å². The summed E-state index contributed by atoms with van der Waals surface area (Å²) in [5.74, 6) is 0. The molecule has 1 aromatic carbocycles. The van der Waals surface area contributed by atoms with Gasteiger partial charge in [0.15, 0.2) is 0 Å². The first-order valence-electron chi connectivity index (χ1n) is 7.47. The number of benzene rings is 1. The van der Waals surface area contributed by atoms with Gasteiger partial charge in [0.05, 0.1) is 6.61 Å². The third-order valence-electron chi connectivity index (χ3n) is 3.95. The van der Waals surface area contributed by atoms with Gasteiger partial charge in [0, 0.05) is 25.7 Å². The van der Waals surface area contributed by atoms with Crippen LogP contribution in [0, 0.1) is 0 Å². The second-order valence-electron chi connectivity index (χ2n) is 5.37. The minimum atomic E-state index is 0.237. The summed E-state index contributed by atoms with van der Waals surface area (Å²) in [4.78, 5) is 2.37. The topological polar surface area (TPSA) is 35.5 Å². The second-order valence-corrected chi connectivity index (χ2v) is 5.37. The lowest BCUT2D eigenvalue weighted by Gasteiger charge is -2.25. The second kappa shape index (κ2) is 7.63. The molecule has 0 aromatic heterocycles. The van der Waals surface area contributed by atoms with Gasteiger partial charge in [-0.3, -0.25) is 4.90 Å². The third-order valence-corrected chi connectivity index (χ3v) is 3.95. The molecule has 19 heavy (non-hydrogen) atoms. The van der Waals surface area contributed by atoms with Crippen LogP contribution in [0.15, 0.2) is 24.3 Å². The van der Waals surface area contributed by atoms with Crippen molar-refractivity contribution in [2.45, 2.75) is 38.8 Å². The zero-order chi connectivity index (χ0) is 13.5. The smallest absolute Gasteiger partial charge is 0.0558 e. The van der Waals surface area contributed by atoms with Gasteiger partial charge in [0.25, 0.3) is 0 Å². The fourth-order valence-corrected chi connectivity index (χ4v) is 2.90. The quantitative estimate of drug-likeness (QED) is 0.786. The first-order valence-corrected chi connectivity index (χ1v) is 7.47. The van der Waals surface area contributed by atoms with Crippen molar-refractivity contribution in [3.05, 3.63) is 35.4 Å². The predicted molar refractivity (Wildman–Crippen MR) is 79.2 cm³/mol. The minimum Gasteiger partial charge on any atom is -0.395 e. The number of hydrogen-bond donors (Lipinski definition) is 2. The molecule has 1 aromatic rings. The summed E-state index contributed by atoms with van der Waals surface area (Å²) in [5.41, 5.74) is 2.82. The maximum Gasteiger partial charge on any atom is 0.0558 e. The van der Waals surface area contributed by atoms with Crippen molar-refractivity contribution in [3.63, 3.8) is 0 Å². The molecule has 1 unspecified atom stereocenters. The minimum absolute atomic E-state index is 0.237. The highest BCUT2D eigenvalue weighted by molar-refractivity contribution is 5.26. The number of hydrogen-bond acceptors (Lipinski definition) is 3. The van der Waals surface area contributed by atoms with Gasteiger partial charge in [-0.05, 0) is 36.9 Å². The average molecular weight is 262 g/mol. The summed E-state index contributed by atoms with van der Waals surface area (Å²) < 4.78 is 0. The zero-order valence-corrected chi connectivity index (χ0v) is 11.9. The maximum absolute atomic E-state index is 9.25. The van der Waals surface area contributed by atoms with E-state index in [9.17, 15) is 5.11 Å². The molecular weight excluding hydrogens is 236 g/mol. The van der Waals surface area contributed by atoms with E-state index in [0.29, 0.717) is 6.04 Å². The highest BCUT2D eigenvalue weighted by atomic mass is 16.3. The first kappa shape index (κ1) is 14.5. The molecule has 1 aliphatic rings. The summed E-state index contributed by atoms with van der Waals surface area (Å²) in [6.45, 7) is 6.33. The molecular formula is C16H26N2O. The Bertz CT molecular complexity index is 375. The molecule has 1 heterocycles. The molecule has 0 bridgehead atoms. The fraction of sp³-hybridized carbons (Fsp3) is 0.625. The molecule has 0 spiro atoms. The van der Waals surface area contributed by atoms with Crippen LogP contribution in [0.1, 0.15) is 30.9 Å². The zero-order valence-electron chi connectivity index (χ0n) is 11.9. The Morgan fingerprint density at radius 3 is 2.74 bits per heavy atom. The van der Waals surface area contributed by atoms with E-state index >= 15 is 0 Å². The molecule has 3 nitrogen and oxygen atoms in total. The monoisotopic (exact) mass is 262 g/mol. The van der Waals surface area contributed by atoms with Crippen molar-refractivity contribution in [3.8, 4) is 0 Å². The third kappa shape index (κ3) is 4.30. The van der Waals surface area contributed by atoms with Gasteiger partial charge >= 0.3 is 0 Å². The van der Waals surface area contributed by atoms with Gasteiger partial charge in [-0.1, -0.05) is 31.2 Å². The number of nitrogens with one attached hydrogen (secondary N) is 1. The van der Waals surface area contributed by atoms with Crippen LogP contribution in [0.5, 0.6) is 0 Å². The molecule has 3 heteroatoms. The van der Waals surface area contributed by atoms with E-state index in [0.717, 1.165) is 32.6 Å². The Kier molecular flexibility index (Phi) is 5.83. The largest absolute Gasteiger partial charge is 0.395 e. The molecule has 2 rings (SSSR count). The van der Waals surface area contributed by atoms with Crippen LogP contribution in [0.25, 0.3) is 0 Å². The van der Waals surface area contributed by atoms with Gasteiger partial charge < -0.3 is 10.4 Å². The van der Waals surface area contributed by atoms with E-state index in [4.69, 9.17) is 0 Å². The van der Waals surface area contributed by atoms with Crippen LogP contribution < -0.4 is 5.32 Å². The SMILES string of the molecule is CCc1ccccc1CN(CCO)CC1CCCN1. The van der Waals surface area contributed by atoms with Gasteiger partial charge in [-0.25, -0.2) is 0 Å². The van der Waals surface area contributed by atoms with E-state index < -0.39 is 0 Å². The lowest BCUT2D eigenvalue weighted by molar-refractivity contribution is 0.179. The Morgan fingerprint density at radius 2 is 2.11 bits per heavy atom. The molecule has 1 saturated heterocycles. The molecule has 0 aliphatic carbocycles. The maximum atomic E-state index is 9.25. The van der Waals surface area contributed by atoms with Gasteiger partial charge in [-0.15, -0.1) is 0 Å². The molecule has 2 N–H and O–H groups in total. The molecule has 1 aliphatic heterocycles. The van der Waals surface area contributed by atoms with Crippen LogP contribution >= 0.6 is 0 Å². The van der Waals surface area contributed by atoms with Crippen molar-refractivity contribution < 1.29 is 5.11 Å². The van der Waals surface area contributed by atoms with Crippen LogP contribution in [0.2, 0.25) is 0 Å².